The number of aliphatic hydroxyl groups is 1. The van der Waals surface area contributed by atoms with Crippen molar-refractivity contribution in [3.05, 3.63) is 41.6 Å². The molecule has 0 radical (unpaired) electrons. The third-order valence-electron chi connectivity index (χ3n) is 3.98. The Morgan fingerprint density at radius 1 is 1.38 bits per heavy atom. The average molecular weight is 287 g/mol. The zero-order chi connectivity index (χ0) is 14.7. The molecule has 0 bridgehead atoms. The molecule has 2 N–H and O–H groups in total. The van der Waals surface area contributed by atoms with Gasteiger partial charge in [-0.1, -0.05) is 12.1 Å². The van der Waals surface area contributed by atoms with Crippen molar-refractivity contribution in [2.24, 2.45) is 0 Å². The van der Waals surface area contributed by atoms with E-state index in [-0.39, 0.29) is 12.6 Å². The van der Waals surface area contributed by atoms with Gasteiger partial charge in [-0.15, -0.1) is 0 Å². The van der Waals surface area contributed by atoms with E-state index < -0.39 is 0 Å². The van der Waals surface area contributed by atoms with E-state index in [9.17, 15) is 0 Å². The molecule has 0 amide bonds. The summed E-state index contributed by atoms with van der Waals surface area (Å²) in [7, 11) is 1.68. The first-order valence-corrected chi connectivity index (χ1v) is 7.38. The van der Waals surface area contributed by atoms with Crippen molar-refractivity contribution in [2.75, 3.05) is 25.6 Å². The number of benzene rings is 1. The Kier molecular flexibility index (Phi) is 4.10. The van der Waals surface area contributed by atoms with E-state index in [1.807, 2.05) is 18.3 Å². The van der Waals surface area contributed by atoms with Crippen molar-refractivity contribution in [1.29, 1.82) is 0 Å². The second-order valence-electron chi connectivity index (χ2n) is 5.29. The third-order valence-corrected chi connectivity index (χ3v) is 3.98. The van der Waals surface area contributed by atoms with Crippen LogP contribution in [0.15, 0.2) is 30.5 Å². The van der Waals surface area contributed by atoms with Gasteiger partial charge in [0.25, 0.3) is 0 Å². The minimum absolute atomic E-state index is 0.215. The predicted molar refractivity (Wildman–Crippen MR) is 81.9 cm³/mol. The summed E-state index contributed by atoms with van der Waals surface area (Å²) >= 11 is 0. The fourth-order valence-corrected chi connectivity index (χ4v) is 2.86. The highest BCUT2D eigenvalue weighted by Crippen LogP contribution is 2.32. The van der Waals surface area contributed by atoms with Crippen LogP contribution in [0.4, 0.5) is 5.82 Å². The van der Waals surface area contributed by atoms with Crippen LogP contribution in [0.25, 0.3) is 0 Å². The number of aryl methyl sites for hydroxylation is 1. The molecule has 0 spiro atoms. The number of nitrogens with one attached hydrogen (secondary N) is 1. The molecule has 2 aromatic rings. The largest absolute Gasteiger partial charge is 0.497 e. The lowest BCUT2D eigenvalue weighted by Gasteiger charge is -2.27. The van der Waals surface area contributed by atoms with Gasteiger partial charge in [-0.25, -0.2) is 4.68 Å². The van der Waals surface area contributed by atoms with E-state index in [2.05, 4.69) is 27.2 Å². The van der Waals surface area contributed by atoms with Gasteiger partial charge in [0.1, 0.15) is 11.6 Å². The molecule has 1 aliphatic heterocycles. The SMILES string of the molecule is COc1ccc(C2CCNc3c(CCCO)cnn32)cc1. The molecular weight excluding hydrogens is 266 g/mol. The van der Waals surface area contributed by atoms with Gasteiger partial charge in [-0.05, 0) is 37.0 Å². The number of hydrogen-bond donors (Lipinski definition) is 2. The summed E-state index contributed by atoms with van der Waals surface area (Å²) in [4.78, 5) is 0. The van der Waals surface area contributed by atoms with Crippen LogP contribution >= 0.6 is 0 Å². The maximum absolute atomic E-state index is 8.99. The van der Waals surface area contributed by atoms with Crippen LogP contribution in [-0.4, -0.2) is 35.1 Å². The fraction of sp³-hybridized carbons (Fsp3) is 0.438. The lowest BCUT2D eigenvalue weighted by molar-refractivity contribution is 0.288. The number of aromatic nitrogens is 2. The molecule has 1 aromatic heterocycles. The van der Waals surface area contributed by atoms with E-state index >= 15 is 0 Å². The number of methoxy groups -OCH3 is 1. The molecule has 0 fully saturated rings. The minimum Gasteiger partial charge on any atom is -0.497 e. The zero-order valence-electron chi connectivity index (χ0n) is 12.2. The van der Waals surface area contributed by atoms with Crippen LogP contribution in [0.3, 0.4) is 0 Å². The molecule has 0 saturated heterocycles. The van der Waals surface area contributed by atoms with Crippen LogP contribution in [-0.2, 0) is 6.42 Å². The Balaban J connectivity index is 1.87. The van der Waals surface area contributed by atoms with E-state index in [1.54, 1.807) is 7.11 Å². The minimum atomic E-state index is 0.215. The van der Waals surface area contributed by atoms with E-state index in [4.69, 9.17) is 9.84 Å². The molecule has 5 heteroatoms. The smallest absolute Gasteiger partial charge is 0.128 e. The molecule has 1 aliphatic rings. The maximum atomic E-state index is 8.99. The van der Waals surface area contributed by atoms with Gasteiger partial charge in [0.05, 0.1) is 19.3 Å². The van der Waals surface area contributed by atoms with Crippen molar-refractivity contribution in [2.45, 2.75) is 25.3 Å². The van der Waals surface area contributed by atoms with Gasteiger partial charge in [0.15, 0.2) is 0 Å². The normalized spacial score (nSPS) is 17.1. The Morgan fingerprint density at radius 2 is 2.19 bits per heavy atom. The summed E-state index contributed by atoms with van der Waals surface area (Å²) < 4.78 is 7.28. The first-order valence-electron chi connectivity index (χ1n) is 7.38. The number of aliphatic hydroxyl groups excluding tert-OH is 1. The molecule has 21 heavy (non-hydrogen) atoms. The Morgan fingerprint density at radius 3 is 2.90 bits per heavy atom. The van der Waals surface area contributed by atoms with Crippen molar-refractivity contribution >= 4 is 5.82 Å². The Hall–Kier alpha value is -2.01. The summed E-state index contributed by atoms with van der Waals surface area (Å²) in [5.41, 5.74) is 2.43. The van der Waals surface area contributed by atoms with Crippen LogP contribution in [0.5, 0.6) is 5.75 Å². The van der Waals surface area contributed by atoms with Crippen LogP contribution in [0.1, 0.15) is 30.0 Å². The van der Waals surface area contributed by atoms with Gasteiger partial charge in [-0.2, -0.15) is 5.10 Å². The molecule has 2 heterocycles. The average Bonchev–Trinajstić information content (AvgIpc) is 2.96. The monoisotopic (exact) mass is 287 g/mol. The highest BCUT2D eigenvalue weighted by molar-refractivity contribution is 5.47. The van der Waals surface area contributed by atoms with E-state index in [0.717, 1.165) is 37.4 Å². The molecule has 0 aliphatic carbocycles. The quantitative estimate of drug-likeness (QED) is 0.885. The topological polar surface area (TPSA) is 59.3 Å². The molecule has 1 unspecified atom stereocenters. The number of rotatable bonds is 5. The van der Waals surface area contributed by atoms with Gasteiger partial charge in [0.2, 0.25) is 0 Å². The highest BCUT2D eigenvalue weighted by Gasteiger charge is 2.24. The summed E-state index contributed by atoms with van der Waals surface area (Å²) in [5.74, 6) is 1.97. The number of ether oxygens (including phenoxy) is 1. The molecule has 3 rings (SSSR count). The zero-order valence-corrected chi connectivity index (χ0v) is 12.2. The van der Waals surface area contributed by atoms with E-state index in [0.29, 0.717) is 0 Å². The van der Waals surface area contributed by atoms with Gasteiger partial charge < -0.3 is 15.2 Å². The second kappa shape index (κ2) is 6.18. The number of fused-ring (bicyclic) bond motifs is 1. The van der Waals surface area contributed by atoms with Gasteiger partial charge in [-0.3, -0.25) is 0 Å². The molecule has 1 aromatic carbocycles. The van der Waals surface area contributed by atoms with Gasteiger partial charge >= 0.3 is 0 Å². The lowest BCUT2D eigenvalue weighted by Crippen LogP contribution is -2.24. The molecule has 0 saturated carbocycles. The first-order chi connectivity index (χ1) is 10.3. The lowest BCUT2D eigenvalue weighted by atomic mass is 10.0. The number of nitrogens with zero attached hydrogens (tertiary/aromatic N) is 2. The standard InChI is InChI=1S/C16H21N3O2/c1-21-14-6-4-12(5-7-14)15-8-9-17-16-13(3-2-10-20)11-18-19(15)16/h4-7,11,15,17,20H,2-3,8-10H2,1H3. The van der Waals surface area contributed by atoms with Crippen molar-refractivity contribution < 1.29 is 9.84 Å². The summed E-state index contributed by atoms with van der Waals surface area (Å²) in [6.07, 6.45) is 4.56. The highest BCUT2D eigenvalue weighted by atomic mass is 16.5. The number of hydrogen-bond acceptors (Lipinski definition) is 4. The van der Waals surface area contributed by atoms with Crippen molar-refractivity contribution in [3.63, 3.8) is 0 Å². The molecule has 112 valence electrons. The maximum Gasteiger partial charge on any atom is 0.128 e. The number of anilines is 1. The molecular formula is C16H21N3O2. The van der Waals surface area contributed by atoms with Crippen molar-refractivity contribution in [1.82, 2.24) is 9.78 Å². The predicted octanol–water partition coefficient (Wildman–Crippen LogP) is 2.22. The Bertz CT molecular complexity index is 592. The van der Waals surface area contributed by atoms with E-state index in [1.165, 1.54) is 11.1 Å². The van der Waals surface area contributed by atoms with Crippen LogP contribution in [0.2, 0.25) is 0 Å². The van der Waals surface area contributed by atoms with Gasteiger partial charge in [0, 0.05) is 18.7 Å². The second-order valence-corrected chi connectivity index (χ2v) is 5.29. The van der Waals surface area contributed by atoms with Crippen LogP contribution < -0.4 is 10.1 Å². The van der Waals surface area contributed by atoms with Crippen molar-refractivity contribution in [3.8, 4) is 5.75 Å². The summed E-state index contributed by atoms with van der Waals surface area (Å²) in [5, 5.41) is 17.0. The summed E-state index contributed by atoms with van der Waals surface area (Å²) in [6, 6.07) is 8.46. The molecule has 5 nitrogen and oxygen atoms in total. The first kappa shape index (κ1) is 13.9. The van der Waals surface area contributed by atoms with Crippen LogP contribution in [0, 0.1) is 0 Å². The molecule has 1 atom stereocenters. The summed E-state index contributed by atoms with van der Waals surface area (Å²) in [6.45, 7) is 1.15. The fourth-order valence-electron chi connectivity index (χ4n) is 2.86. The third kappa shape index (κ3) is 2.74. The Labute approximate surface area is 124 Å².